The Balaban J connectivity index is 1.83. The van der Waals surface area contributed by atoms with Crippen molar-refractivity contribution in [3.63, 3.8) is 0 Å². The number of hydrogen-bond acceptors (Lipinski definition) is 7. The lowest BCUT2D eigenvalue weighted by atomic mass is 10.2. The highest BCUT2D eigenvalue weighted by atomic mass is 19.1. The van der Waals surface area contributed by atoms with Crippen LogP contribution in [-0.4, -0.2) is 34.2 Å². The van der Waals surface area contributed by atoms with E-state index in [1.54, 1.807) is 47.4 Å². The second-order valence-corrected chi connectivity index (χ2v) is 5.80. The highest BCUT2D eigenvalue weighted by Crippen LogP contribution is 2.20. The van der Waals surface area contributed by atoms with Crippen LogP contribution in [0, 0.1) is 5.82 Å². The summed E-state index contributed by atoms with van der Waals surface area (Å²) in [6.45, 7) is 0.245. The minimum Gasteiger partial charge on any atom is -0.508 e. The van der Waals surface area contributed by atoms with Crippen LogP contribution < -0.4 is 15.5 Å². The molecule has 0 saturated carbocycles. The number of aromatic hydroxyl groups is 1. The summed E-state index contributed by atoms with van der Waals surface area (Å²) < 4.78 is 13.8. The zero-order valence-corrected chi connectivity index (χ0v) is 14.4. The molecule has 0 saturated heterocycles. The Kier molecular flexibility index (Phi) is 5.12. The van der Waals surface area contributed by atoms with Crippen molar-refractivity contribution < 1.29 is 9.50 Å². The number of nitrogens with one attached hydrogen (secondary N) is 2. The molecular weight excluding hydrogens is 335 g/mol. The molecular formula is C18H19FN6O. The third kappa shape index (κ3) is 4.35. The molecule has 3 aromatic rings. The number of rotatable bonds is 6. The lowest BCUT2D eigenvalue weighted by Gasteiger charge is -2.14. The predicted molar refractivity (Wildman–Crippen MR) is 99.3 cm³/mol. The van der Waals surface area contributed by atoms with E-state index in [0.717, 1.165) is 0 Å². The summed E-state index contributed by atoms with van der Waals surface area (Å²) in [4.78, 5) is 14.7. The normalized spacial score (nSPS) is 10.4. The number of hydrogen-bond donors (Lipinski definition) is 3. The number of phenolic OH excluding ortho intramolecular Hbond substituents is 1. The Bertz CT molecular complexity index is 902. The first kappa shape index (κ1) is 17.4. The van der Waals surface area contributed by atoms with Crippen molar-refractivity contribution in [2.24, 2.45) is 0 Å². The van der Waals surface area contributed by atoms with Gasteiger partial charge in [0.1, 0.15) is 11.6 Å². The van der Waals surface area contributed by atoms with Crippen LogP contribution in [-0.2, 0) is 6.54 Å². The van der Waals surface area contributed by atoms with Gasteiger partial charge in [-0.3, -0.25) is 0 Å². The minimum atomic E-state index is -0.292. The molecule has 0 aliphatic heterocycles. The summed E-state index contributed by atoms with van der Waals surface area (Å²) in [7, 11) is 3.63. The van der Waals surface area contributed by atoms with Gasteiger partial charge in [-0.15, -0.1) is 0 Å². The third-order valence-electron chi connectivity index (χ3n) is 3.52. The summed E-state index contributed by atoms with van der Waals surface area (Å²) in [5, 5.41) is 15.6. The van der Waals surface area contributed by atoms with Crippen LogP contribution in [0.1, 0.15) is 5.56 Å². The Morgan fingerprint density at radius 3 is 2.50 bits per heavy atom. The van der Waals surface area contributed by atoms with Crippen LogP contribution >= 0.6 is 0 Å². The van der Waals surface area contributed by atoms with Gasteiger partial charge in [-0.05, 0) is 18.2 Å². The Hall–Kier alpha value is -3.42. The van der Waals surface area contributed by atoms with E-state index in [2.05, 4.69) is 25.6 Å². The van der Waals surface area contributed by atoms with Gasteiger partial charge in [0.05, 0.1) is 0 Å². The van der Waals surface area contributed by atoms with E-state index >= 15 is 0 Å². The zero-order chi connectivity index (χ0) is 18.5. The molecule has 0 unspecified atom stereocenters. The molecule has 1 heterocycles. The summed E-state index contributed by atoms with van der Waals surface area (Å²) >= 11 is 0. The van der Waals surface area contributed by atoms with Crippen molar-refractivity contribution in [3.05, 3.63) is 59.9 Å². The molecule has 0 amide bonds. The summed E-state index contributed by atoms with van der Waals surface area (Å²) in [6.07, 6.45) is 0. The van der Waals surface area contributed by atoms with E-state index in [1.165, 1.54) is 6.07 Å². The van der Waals surface area contributed by atoms with Crippen LogP contribution in [0.2, 0.25) is 0 Å². The standard InChI is InChI=1S/C18H19FN6O/c1-25(2)18-23-16(20-11-12-6-3-4-9-15(12)19)22-17(24-18)21-13-7-5-8-14(26)10-13/h3-10,26H,11H2,1-2H3,(H2,20,21,22,23,24). The first-order valence-corrected chi connectivity index (χ1v) is 7.98. The maximum atomic E-state index is 13.8. The lowest BCUT2D eigenvalue weighted by molar-refractivity contribution is 0.475. The van der Waals surface area contributed by atoms with Crippen molar-refractivity contribution in [3.8, 4) is 5.75 Å². The van der Waals surface area contributed by atoms with E-state index < -0.39 is 0 Å². The van der Waals surface area contributed by atoms with E-state index in [1.807, 2.05) is 14.1 Å². The molecule has 3 N–H and O–H groups in total. The van der Waals surface area contributed by atoms with E-state index in [0.29, 0.717) is 29.1 Å². The van der Waals surface area contributed by atoms with Crippen molar-refractivity contribution in [1.82, 2.24) is 15.0 Å². The topological polar surface area (TPSA) is 86.2 Å². The van der Waals surface area contributed by atoms with Crippen LogP contribution in [0.4, 0.5) is 27.9 Å². The number of benzene rings is 2. The molecule has 7 nitrogen and oxygen atoms in total. The second-order valence-electron chi connectivity index (χ2n) is 5.80. The van der Waals surface area contributed by atoms with E-state index in [-0.39, 0.29) is 18.1 Å². The van der Waals surface area contributed by atoms with Crippen LogP contribution in [0.3, 0.4) is 0 Å². The molecule has 0 aliphatic rings. The molecule has 26 heavy (non-hydrogen) atoms. The molecule has 0 fully saturated rings. The van der Waals surface area contributed by atoms with Gasteiger partial charge < -0.3 is 20.6 Å². The van der Waals surface area contributed by atoms with Gasteiger partial charge in [0.15, 0.2) is 0 Å². The molecule has 8 heteroatoms. The van der Waals surface area contributed by atoms with Gasteiger partial charge in [0, 0.05) is 38.0 Å². The van der Waals surface area contributed by atoms with Crippen LogP contribution in [0.15, 0.2) is 48.5 Å². The lowest BCUT2D eigenvalue weighted by Crippen LogP contribution is -2.16. The molecule has 0 bridgehead atoms. The monoisotopic (exact) mass is 354 g/mol. The second kappa shape index (κ2) is 7.64. The largest absolute Gasteiger partial charge is 0.508 e. The number of nitrogens with zero attached hydrogens (tertiary/aromatic N) is 4. The molecule has 0 aliphatic carbocycles. The minimum absolute atomic E-state index is 0.134. The third-order valence-corrected chi connectivity index (χ3v) is 3.52. The Labute approximate surface area is 150 Å². The van der Waals surface area contributed by atoms with Gasteiger partial charge in [0.2, 0.25) is 17.8 Å². The molecule has 1 aromatic heterocycles. The smallest absolute Gasteiger partial charge is 0.233 e. The maximum Gasteiger partial charge on any atom is 0.233 e. The summed E-state index contributed by atoms with van der Waals surface area (Å²) in [5.74, 6) is 0.911. The average Bonchev–Trinajstić information content (AvgIpc) is 2.61. The van der Waals surface area contributed by atoms with Crippen LogP contribution in [0.25, 0.3) is 0 Å². The number of phenols is 1. The quantitative estimate of drug-likeness (QED) is 0.627. The molecule has 3 rings (SSSR count). The molecule has 0 radical (unpaired) electrons. The molecule has 0 spiro atoms. The van der Waals surface area contributed by atoms with Crippen molar-refractivity contribution in [2.45, 2.75) is 6.54 Å². The predicted octanol–water partition coefficient (Wildman–Crippen LogP) is 3.14. The van der Waals surface area contributed by atoms with E-state index in [4.69, 9.17) is 0 Å². The first-order valence-electron chi connectivity index (χ1n) is 7.98. The number of anilines is 4. The highest BCUT2D eigenvalue weighted by Gasteiger charge is 2.10. The molecule has 134 valence electrons. The Morgan fingerprint density at radius 2 is 1.77 bits per heavy atom. The zero-order valence-electron chi connectivity index (χ0n) is 14.4. The Morgan fingerprint density at radius 1 is 1.00 bits per heavy atom. The first-order chi connectivity index (χ1) is 12.5. The molecule has 0 atom stereocenters. The van der Waals surface area contributed by atoms with Crippen molar-refractivity contribution in [2.75, 3.05) is 29.6 Å². The van der Waals surface area contributed by atoms with Crippen molar-refractivity contribution >= 4 is 23.5 Å². The summed E-state index contributed by atoms with van der Waals surface area (Å²) in [6, 6.07) is 13.1. The van der Waals surface area contributed by atoms with Crippen LogP contribution in [0.5, 0.6) is 5.75 Å². The SMILES string of the molecule is CN(C)c1nc(NCc2ccccc2F)nc(Nc2cccc(O)c2)n1. The highest BCUT2D eigenvalue weighted by molar-refractivity contribution is 5.57. The summed E-state index contributed by atoms with van der Waals surface area (Å²) in [5.41, 5.74) is 1.16. The van der Waals surface area contributed by atoms with Gasteiger partial charge in [-0.1, -0.05) is 24.3 Å². The fourth-order valence-corrected chi connectivity index (χ4v) is 2.23. The molecule has 2 aromatic carbocycles. The van der Waals surface area contributed by atoms with Crippen molar-refractivity contribution in [1.29, 1.82) is 0 Å². The fourth-order valence-electron chi connectivity index (χ4n) is 2.23. The van der Waals surface area contributed by atoms with Gasteiger partial charge in [-0.2, -0.15) is 15.0 Å². The van der Waals surface area contributed by atoms with E-state index in [9.17, 15) is 9.50 Å². The average molecular weight is 354 g/mol. The number of halogens is 1. The van der Waals surface area contributed by atoms with Gasteiger partial charge in [0.25, 0.3) is 0 Å². The van der Waals surface area contributed by atoms with Gasteiger partial charge >= 0.3 is 0 Å². The van der Waals surface area contributed by atoms with Gasteiger partial charge in [-0.25, -0.2) is 4.39 Å². The fraction of sp³-hybridized carbons (Fsp3) is 0.167. The number of aromatic nitrogens is 3. The maximum absolute atomic E-state index is 13.8.